The van der Waals surface area contributed by atoms with Crippen LogP contribution in [0.15, 0.2) is 42.5 Å². The predicted octanol–water partition coefficient (Wildman–Crippen LogP) is 2.43. The fourth-order valence-electron chi connectivity index (χ4n) is 2.83. The largest absolute Gasteiger partial charge is 0.379 e. The summed E-state index contributed by atoms with van der Waals surface area (Å²) in [5, 5.41) is 6.06. The van der Waals surface area contributed by atoms with Gasteiger partial charge in [0.15, 0.2) is 0 Å². The van der Waals surface area contributed by atoms with Crippen LogP contribution in [0, 0.1) is 0 Å². The molecule has 1 heterocycles. The van der Waals surface area contributed by atoms with Gasteiger partial charge < -0.3 is 10.1 Å². The van der Waals surface area contributed by atoms with Gasteiger partial charge in [-0.2, -0.15) is 0 Å². The molecule has 1 unspecified atom stereocenters. The monoisotopic (exact) mass is 270 g/mol. The average molecular weight is 270 g/mol. The maximum absolute atomic E-state index is 5.42. The smallest absolute Gasteiger partial charge is 0.0594 e. The molecule has 0 amide bonds. The maximum atomic E-state index is 5.42. The minimum absolute atomic E-state index is 0.373. The predicted molar refractivity (Wildman–Crippen MR) is 83.0 cm³/mol. The molecule has 3 heteroatoms. The Hall–Kier alpha value is -1.42. The molecule has 0 spiro atoms. The Morgan fingerprint density at radius 1 is 1.10 bits per heavy atom. The van der Waals surface area contributed by atoms with Crippen LogP contribution in [0.25, 0.3) is 10.8 Å². The summed E-state index contributed by atoms with van der Waals surface area (Å²) in [5.74, 6) is 0. The fourth-order valence-corrected chi connectivity index (χ4v) is 2.83. The third-order valence-electron chi connectivity index (χ3n) is 4.07. The molecule has 106 valence electrons. The molecule has 1 aliphatic heterocycles. The van der Waals surface area contributed by atoms with Gasteiger partial charge in [0.2, 0.25) is 0 Å². The standard InChI is InChI=1S/C17H22N2O/c1-18-17(13-19-8-10-20-11-9-19)16-7-6-14-4-2-3-5-15(14)12-16/h2-7,12,17-18H,8-11,13H2,1H3. The van der Waals surface area contributed by atoms with E-state index in [1.54, 1.807) is 0 Å². The van der Waals surface area contributed by atoms with Gasteiger partial charge >= 0.3 is 0 Å². The Balaban J connectivity index is 1.79. The molecule has 3 nitrogen and oxygen atoms in total. The van der Waals surface area contributed by atoms with Crippen molar-refractivity contribution in [2.24, 2.45) is 0 Å². The lowest BCUT2D eigenvalue weighted by atomic mass is 10.0. The number of hydrogen-bond acceptors (Lipinski definition) is 3. The molecule has 2 aromatic carbocycles. The zero-order chi connectivity index (χ0) is 13.8. The van der Waals surface area contributed by atoms with E-state index in [1.807, 2.05) is 7.05 Å². The Kier molecular flexibility index (Phi) is 4.31. The van der Waals surface area contributed by atoms with Crippen molar-refractivity contribution >= 4 is 10.8 Å². The average Bonchev–Trinajstić information content (AvgIpc) is 2.53. The molecule has 1 aliphatic rings. The van der Waals surface area contributed by atoms with E-state index in [4.69, 9.17) is 4.74 Å². The summed E-state index contributed by atoms with van der Waals surface area (Å²) in [6, 6.07) is 15.7. The minimum Gasteiger partial charge on any atom is -0.379 e. The van der Waals surface area contributed by atoms with Gasteiger partial charge in [0.25, 0.3) is 0 Å². The minimum atomic E-state index is 0.373. The number of benzene rings is 2. The second kappa shape index (κ2) is 6.35. The number of ether oxygens (including phenoxy) is 1. The molecule has 3 rings (SSSR count). The Labute approximate surface area is 120 Å². The number of hydrogen-bond donors (Lipinski definition) is 1. The number of morpholine rings is 1. The van der Waals surface area contributed by atoms with Crippen molar-refractivity contribution < 1.29 is 4.74 Å². The molecule has 0 aromatic heterocycles. The maximum Gasteiger partial charge on any atom is 0.0594 e. The van der Waals surface area contributed by atoms with Gasteiger partial charge in [0.1, 0.15) is 0 Å². The van der Waals surface area contributed by atoms with Gasteiger partial charge in [-0.1, -0.05) is 36.4 Å². The van der Waals surface area contributed by atoms with Crippen molar-refractivity contribution in [3.63, 3.8) is 0 Å². The van der Waals surface area contributed by atoms with E-state index < -0.39 is 0 Å². The van der Waals surface area contributed by atoms with E-state index in [1.165, 1.54) is 16.3 Å². The lowest BCUT2D eigenvalue weighted by molar-refractivity contribution is 0.0338. The highest BCUT2D eigenvalue weighted by Crippen LogP contribution is 2.21. The fraction of sp³-hybridized carbons (Fsp3) is 0.412. The molecule has 0 bridgehead atoms. The van der Waals surface area contributed by atoms with Gasteiger partial charge in [-0.05, 0) is 29.4 Å². The molecular weight excluding hydrogens is 248 g/mol. The van der Waals surface area contributed by atoms with Crippen LogP contribution in [0.1, 0.15) is 11.6 Å². The highest BCUT2D eigenvalue weighted by Gasteiger charge is 2.17. The molecular formula is C17H22N2O. The van der Waals surface area contributed by atoms with Crippen molar-refractivity contribution in [2.75, 3.05) is 39.9 Å². The van der Waals surface area contributed by atoms with Crippen molar-refractivity contribution in [1.82, 2.24) is 10.2 Å². The summed E-state index contributed by atoms with van der Waals surface area (Å²) in [6.45, 7) is 4.82. The number of rotatable bonds is 4. The highest BCUT2D eigenvalue weighted by atomic mass is 16.5. The Bertz CT molecular complexity index is 564. The van der Waals surface area contributed by atoms with Crippen LogP contribution in [0.2, 0.25) is 0 Å². The summed E-state index contributed by atoms with van der Waals surface area (Å²) in [5.41, 5.74) is 1.36. The first-order chi connectivity index (χ1) is 9.86. The molecule has 1 saturated heterocycles. The van der Waals surface area contributed by atoms with E-state index in [9.17, 15) is 0 Å². The molecule has 0 saturated carbocycles. The highest BCUT2D eigenvalue weighted by molar-refractivity contribution is 5.83. The van der Waals surface area contributed by atoms with E-state index >= 15 is 0 Å². The number of nitrogens with zero attached hydrogens (tertiary/aromatic N) is 1. The topological polar surface area (TPSA) is 24.5 Å². The zero-order valence-corrected chi connectivity index (χ0v) is 12.0. The molecule has 1 N–H and O–H groups in total. The third-order valence-corrected chi connectivity index (χ3v) is 4.07. The molecule has 0 aliphatic carbocycles. The van der Waals surface area contributed by atoms with Gasteiger partial charge in [0, 0.05) is 25.7 Å². The van der Waals surface area contributed by atoms with Crippen LogP contribution >= 0.6 is 0 Å². The summed E-state index contributed by atoms with van der Waals surface area (Å²) in [4.78, 5) is 2.47. The summed E-state index contributed by atoms with van der Waals surface area (Å²) in [6.07, 6.45) is 0. The first-order valence-corrected chi connectivity index (χ1v) is 7.33. The lowest BCUT2D eigenvalue weighted by Crippen LogP contribution is -2.41. The molecule has 1 atom stereocenters. The first kappa shape index (κ1) is 13.6. The quantitative estimate of drug-likeness (QED) is 0.923. The van der Waals surface area contributed by atoms with Gasteiger partial charge in [0.05, 0.1) is 13.2 Å². The van der Waals surface area contributed by atoms with Crippen molar-refractivity contribution in [2.45, 2.75) is 6.04 Å². The first-order valence-electron chi connectivity index (χ1n) is 7.33. The van der Waals surface area contributed by atoms with Crippen LogP contribution < -0.4 is 5.32 Å². The van der Waals surface area contributed by atoms with E-state index in [-0.39, 0.29) is 0 Å². The van der Waals surface area contributed by atoms with Crippen molar-refractivity contribution in [3.8, 4) is 0 Å². The molecule has 0 radical (unpaired) electrons. The zero-order valence-electron chi connectivity index (χ0n) is 12.0. The third kappa shape index (κ3) is 3.01. The van der Waals surface area contributed by atoms with Crippen LogP contribution in [0.4, 0.5) is 0 Å². The second-order valence-corrected chi connectivity index (χ2v) is 5.36. The normalized spacial score (nSPS) is 18.2. The van der Waals surface area contributed by atoms with E-state index in [2.05, 4.69) is 52.7 Å². The van der Waals surface area contributed by atoms with Crippen LogP contribution in [0.5, 0.6) is 0 Å². The van der Waals surface area contributed by atoms with Gasteiger partial charge in [-0.15, -0.1) is 0 Å². The van der Waals surface area contributed by atoms with Crippen LogP contribution in [-0.2, 0) is 4.74 Å². The van der Waals surface area contributed by atoms with Crippen LogP contribution in [0.3, 0.4) is 0 Å². The van der Waals surface area contributed by atoms with Gasteiger partial charge in [-0.3, -0.25) is 4.90 Å². The van der Waals surface area contributed by atoms with Crippen molar-refractivity contribution in [1.29, 1.82) is 0 Å². The molecule has 2 aromatic rings. The second-order valence-electron chi connectivity index (χ2n) is 5.36. The van der Waals surface area contributed by atoms with E-state index in [0.717, 1.165) is 32.8 Å². The Morgan fingerprint density at radius 2 is 1.85 bits per heavy atom. The lowest BCUT2D eigenvalue weighted by Gasteiger charge is -2.30. The van der Waals surface area contributed by atoms with Gasteiger partial charge in [-0.25, -0.2) is 0 Å². The number of nitrogens with one attached hydrogen (secondary N) is 1. The van der Waals surface area contributed by atoms with E-state index in [0.29, 0.717) is 6.04 Å². The van der Waals surface area contributed by atoms with Crippen LogP contribution in [-0.4, -0.2) is 44.8 Å². The number of fused-ring (bicyclic) bond motifs is 1. The Morgan fingerprint density at radius 3 is 2.60 bits per heavy atom. The number of likely N-dealkylation sites (N-methyl/N-ethyl adjacent to an activating group) is 1. The molecule has 20 heavy (non-hydrogen) atoms. The molecule has 1 fully saturated rings. The summed E-state index contributed by atoms with van der Waals surface area (Å²) < 4.78 is 5.42. The summed E-state index contributed by atoms with van der Waals surface area (Å²) >= 11 is 0. The summed E-state index contributed by atoms with van der Waals surface area (Å²) in [7, 11) is 2.04. The van der Waals surface area contributed by atoms with Crippen molar-refractivity contribution in [3.05, 3.63) is 48.0 Å². The SMILES string of the molecule is CNC(CN1CCOCC1)c1ccc2ccccc2c1.